The molecule has 3 rings (SSSR count). The van der Waals surface area contributed by atoms with Crippen molar-refractivity contribution >= 4 is 22.9 Å². The molecule has 4 nitrogen and oxygen atoms in total. The van der Waals surface area contributed by atoms with Crippen LogP contribution in [0.1, 0.15) is 27.0 Å². The summed E-state index contributed by atoms with van der Waals surface area (Å²) in [5, 5.41) is 5.43. The van der Waals surface area contributed by atoms with Crippen LogP contribution in [0.2, 0.25) is 0 Å². The van der Waals surface area contributed by atoms with Gasteiger partial charge < -0.3 is 10.1 Å². The number of thiazole rings is 1. The second kappa shape index (κ2) is 6.84. The summed E-state index contributed by atoms with van der Waals surface area (Å²) in [6, 6.07) is 11.2. The number of carbonyl (C=O) groups is 1. The van der Waals surface area contributed by atoms with Crippen LogP contribution in [0.15, 0.2) is 48.0 Å². The maximum atomic E-state index is 12.5. The van der Waals surface area contributed by atoms with Crippen LogP contribution in [0.4, 0.5) is 5.69 Å². The highest BCUT2D eigenvalue weighted by molar-refractivity contribution is 7.11. The molecule has 0 atom stereocenters. The average Bonchev–Trinajstić information content (AvgIpc) is 3.04. The molecule has 1 N–H and O–H groups in total. The molecular formula is C19H18N2O2S. The van der Waals surface area contributed by atoms with Crippen molar-refractivity contribution in [1.82, 2.24) is 4.98 Å². The van der Waals surface area contributed by atoms with Gasteiger partial charge in [-0.2, -0.15) is 0 Å². The van der Waals surface area contributed by atoms with Crippen molar-refractivity contribution in [2.75, 3.05) is 5.32 Å². The molecule has 0 aliphatic heterocycles. The van der Waals surface area contributed by atoms with Crippen molar-refractivity contribution in [2.24, 2.45) is 0 Å². The molecular weight excluding hydrogens is 320 g/mol. The molecule has 0 bridgehead atoms. The summed E-state index contributed by atoms with van der Waals surface area (Å²) in [5.41, 5.74) is 4.76. The Bertz CT molecular complexity index is 833. The Kier molecular flexibility index (Phi) is 4.62. The lowest BCUT2D eigenvalue weighted by Gasteiger charge is -2.13. The average molecular weight is 338 g/mol. The van der Waals surface area contributed by atoms with E-state index in [0.29, 0.717) is 16.5 Å². The fourth-order valence-corrected chi connectivity index (χ4v) is 3.10. The van der Waals surface area contributed by atoms with Crippen LogP contribution in [-0.4, -0.2) is 10.9 Å². The summed E-state index contributed by atoms with van der Waals surface area (Å²) < 4.78 is 5.60. The topological polar surface area (TPSA) is 51.2 Å². The lowest BCUT2D eigenvalue weighted by Crippen LogP contribution is -2.13. The SMILES string of the molecule is Cc1cc(C)c(NC(=O)c2ccc(Oc3nccs3)cc2)c(C)c1. The van der Waals surface area contributed by atoms with Crippen LogP contribution in [0, 0.1) is 20.8 Å². The molecule has 0 saturated carbocycles. The van der Waals surface area contributed by atoms with Gasteiger partial charge in [0, 0.05) is 22.8 Å². The van der Waals surface area contributed by atoms with E-state index >= 15 is 0 Å². The van der Waals surface area contributed by atoms with Gasteiger partial charge in [-0.05, 0) is 56.2 Å². The van der Waals surface area contributed by atoms with Crippen molar-refractivity contribution in [3.63, 3.8) is 0 Å². The first kappa shape index (κ1) is 16.2. The fraction of sp³-hybridized carbons (Fsp3) is 0.158. The van der Waals surface area contributed by atoms with Gasteiger partial charge in [-0.3, -0.25) is 4.79 Å². The van der Waals surface area contributed by atoms with E-state index in [4.69, 9.17) is 4.74 Å². The Morgan fingerprint density at radius 2 is 1.75 bits per heavy atom. The maximum absolute atomic E-state index is 12.5. The van der Waals surface area contributed by atoms with E-state index in [-0.39, 0.29) is 5.91 Å². The Morgan fingerprint density at radius 1 is 1.08 bits per heavy atom. The first-order valence-corrected chi connectivity index (χ1v) is 8.47. The molecule has 1 heterocycles. The van der Waals surface area contributed by atoms with Crippen molar-refractivity contribution in [1.29, 1.82) is 0 Å². The maximum Gasteiger partial charge on any atom is 0.278 e. The number of benzene rings is 2. The fourth-order valence-electron chi connectivity index (χ4n) is 2.60. The number of aromatic nitrogens is 1. The van der Waals surface area contributed by atoms with Crippen LogP contribution >= 0.6 is 11.3 Å². The number of ether oxygens (including phenoxy) is 1. The molecule has 0 aliphatic carbocycles. The molecule has 122 valence electrons. The largest absolute Gasteiger partial charge is 0.431 e. The number of carbonyl (C=O) groups excluding carboxylic acids is 1. The molecule has 0 radical (unpaired) electrons. The van der Waals surface area contributed by atoms with Gasteiger partial charge >= 0.3 is 0 Å². The zero-order chi connectivity index (χ0) is 17.1. The van der Waals surface area contributed by atoms with E-state index < -0.39 is 0 Å². The number of anilines is 1. The number of hydrogen-bond acceptors (Lipinski definition) is 4. The first-order chi connectivity index (χ1) is 11.5. The Balaban J connectivity index is 1.74. The molecule has 3 aromatic rings. The van der Waals surface area contributed by atoms with Crippen molar-refractivity contribution in [3.8, 4) is 10.9 Å². The van der Waals surface area contributed by atoms with Crippen LogP contribution in [-0.2, 0) is 0 Å². The standard InChI is InChI=1S/C19H18N2O2S/c1-12-10-13(2)17(14(3)11-12)21-18(22)15-4-6-16(7-5-15)23-19-20-8-9-24-19/h4-11H,1-3H3,(H,21,22). The molecule has 0 aliphatic rings. The summed E-state index contributed by atoms with van der Waals surface area (Å²) in [4.78, 5) is 16.5. The minimum atomic E-state index is -0.133. The zero-order valence-corrected chi connectivity index (χ0v) is 14.6. The number of hydrogen-bond donors (Lipinski definition) is 1. The highest BCUT2D eigenvalue weighted by Gasteiger charge is 2.11. The van der Waals surface area contributed by atoms with E-state index in [1.165, 1.54) is 16.9 Å². The van der Waals surface area contributed by atoms with Crippen LogP contribution in [0.3, 0.4) is 0 Å². The summed E-state index contributed by atoms with van der Waals surface area (Å²) in [7, 11) is 0. The Hall–Kier alpha value is -2.66. The first-order valence-electron chi connectivity index (χ1n) is 7.59. The third-order valence-corrected chi connectivity index (χ3v) is 4.30. The van der Waals surface area contributed by atoms with Gasteiger partial charge in [0.05, 0.1) is 0 Å². The molecule has 0 saturated heterocycles. The van der Waals surface area contributed by atoms with E-state index in [0.717, 1.165) is 16.8 Å². The van der Waals surface area contributed by atoms with Gasteiger partial charge in [0.1, 0.15) is 5.75 Å². The predicted molar refractivity (Wildman–Crippen MR) is 97.2 cm³/mol. The van der Waals surface area contributed by atoms with E-state index in [9.17, 15) is 4.79 Å². The summed E-state index contributed by atoms with van der Waals surface area (Å²) >= 11 is 1.42. The lowest BCUT2D eigenvalue weighted by atomic mass is 10.0. The van der Waals surface area contributed by atoms with Crippen molar-refractivity contribution in [3.05, 3.63) is 70.2 Å². The van der Waals surface area contributed by atoms with Gasteiger partial charge in [0.25, 0.3) is 11.1 Å². The number of rotatable bonds is 4. The van der Waals surface area contributed by atoms with Crippen molar-refractivity contribution < 1.29 is 9.53 Å². The quantitative estimate of drug-likeness (QED) is 0.719. The van der Waals surface area contributed by atoms with E-state index in [1.54, 1.807) is 30.5 Å². The molecule has 2 aromatic carbocycles. The summed E-state index contributed by atoms with van der Waals surface area (Å²) in [6.07, 6.45) is 1.69. The molecule has 0 unspecified atom stereocenters. The molecule has 1 amide bonds. The Morgan fingerprint density at radius 3 is 2.33 bits per heavy atom. The van der Waals surface area contributed by atoms with Crippen molar-refractivity contribution in [2.45, 2.75) is 20.8 Å². The van der Waals surface area contributed by atoms with Crippen LogP contribution in [0.5, 0.6) is 10.9 Å². The van der Waals surface area contributed by atoms with Gasteiger partial charge in [0.2, 0.25) is 0 Å². The second-order valence-corrected chi connectivity index (χ2v) is 6.51. The molecule has 0 spiro atoms. The smallest absolute Gasteiger partial charge is 0.278 e. The molecule has 5 heteroatoms. The highest BCUT2D eigenvalue weighted by Crippen LogP contribution is 2.25. The van der Waals surface area contributed by atoms with Gasteiger partial charge in [-0.25, -0.2) is 4.98 Å². The summed E-state index contributed by atoms with van der Waals surface area (Å²) in [6.45, 7) is 6.05. The van der Waals surface area contributed by atoms with E-state index in [1.807, 2.05) is 26.2 Å². The van der Waals surface area contributed by atoms with Crippen LogP contribution in [0.25, 0.3) is 0 Å². The molecule has 1 aromatic heterocycles. The number of nitrogens with zero attached hydrogens (tertiary/aromatic N) is 1. The number of amides is 1. The minimum Gasteiger partial charge on any atom is -0.431 e. The van der Waals surface area contributed by atoms with Crippen LogP contribution < -0.4 is 10.1 Å². The second-order valence-electron chi connectivity index (χ2n) is 5.65. The van der Waals surface area contributed by atoms with E-state index in [2.05, 4.69) is 22.4 Å². The highest BCUT2D eigenvalue weighted by atomic mass is 32.1. The lowest BCUT2D eigenvalue weighted by molar-refractivity contribution is 0.102. The Labute approximate surface area is 145 Å². The third kappa shape index (κ3) is 3.63. The zero-order valence-electron chi connectivity index (χ0n) is 13.8. The number of nitrogens with one attached hydrogen (secondary N) is 1. The number of aryl methyl sites for hydroxylation is 3. The van der Waals surface area contributed by atoms with Gasteiger partial charge in [0.15, 0.2) is 0 Å². The predicted octanol–water partition coefficient (Wildman–Crippen LogP) is 5.11. The monoisotopic (exact) mass is 338 g/mol. The minimum absolute atomic E-state index is 0.133. The normalized spacial score (nSPS) is 10.5. The van der Waals surface area contributed by atoms with Gasteiger partial charge in [-0.1, -0.05) is 29.0 Å². The third-order valence-electron chi connectivity index (χ3n) is 3.65. The summed E-state index contributed by atoms with van der Waals surface area (Å²) in [5.74, 6) is 0.523. The van der Waals surface area contributed by atoms with Gasteiger partial charge in [-0.15, -0.1) is 0 Å². The molecule has 0 fully saturated rings. The molecule has 24 heavy (non-hydrogen) atoms.